The van der Waals surface area contributed by atoms with Crippen LogP contribution in [-0.2, 0) is 16.1 Å². The Balaban J connectivity index is 1.53. The quantitative estimate of drug-likeness (QED) is 0.496. The van der Waals surface area contributed by atoms with Gasteiger partial charge in [0.05, 0.1) is 12.0 Å². The number of nitrogens with zero attached hydrogens (tertiary/aromatic N) is 2. The van der Waals surface area contributed by atoms with Gasteiger partial charge >= 0.3 is 0 Å². The van der Waals surface area contributed by atoms with Crippen LogP contribution in [0.4, 0.5) is 0 Å². The van der Waals surface area contributed by atoms with Gasteiger partial charge in [-0.15, -0.1) is 11.3 Å². The zero-order valence-corrected chi connectivity index (χ0v) is 16.9. The summed E-state index contributed by atoms with van der Waals surface area (Å²) < 4.78 is 6.40. The van der Waals surface area contributed by atoms with Crippen molar-refractivity contribution in [2.75, 3.05) is 12.0 Å². The Morgan fingerprint density at radius 2 is 2.03 bits per heavy atom. The monoisotopic (exact) mass is 422 g/mol. The van der Waals surface area contributed by atoms with Crippen molar-refractivity contribution in [2.24, 2.45) is 0 Å². The molecule has 30 heavy (non-hydrogen) atoms. The number of fused-ring (bicyclic) bond motifs is 1. The second kappa shape index (κ2) is 8.44. The predicted octanol–water partition coefficient (Wildman–Crippen LogP) is 2.41. The third kappa shape index (κ3) is 4.07. The molecular weight excluding hydrogens is 404 g/mol. The van der Waals surface area contributed by atoms with Crippen molar-refractivity contribution in [1.82, 2.24) is 14.6 Å². The van der Waals surface area contributed by atoms with Crippen molar-refractivity contribution in [2.45, 2.75) is 13.5 Å². The minimum absolute atomic E-state index is 0.103. The van der Waals surface area contributed by atoms with E-state index in [1.54, 1.807) is 6.07 Å². The molecule has 1 amide bonds. The van der Waals surface area contributed by atoms with E-state index in [2.05, 4.69) is 15.4 Å². The number of aromatic nitrogens is 3. The Hall–Kier alpha value is -3.56. The Morgan fingerprint density at radius 1 is 1.23 bits per heavy atom. The normalized spacial score (nSPS) is 11.0. The van der Waals surface area contributed by atoms with E-state index >= 15 is 0 Å². The molecule has 4 rings (SSSR count). The van der Waals surface area contributed by atoms with Crippen LogP contribution in [0.25, 0.3) is 21.3 Å². The first-order chi connectivity index (χ1) is 14.5. The third-order valence-electron chi connectivity index (χ3n) is 4.44. The molecule has 1 aromatic carbocycles. The molecule has 3 aromatic heterocycles. The molecular formula is C21H18N4O4S. The van der Waals surface area contributed by atoms with Gasteiger partial charge in [-0.2, -0.15) is 0 Å². The van der Waals surface area contributed by atoms with E-state index in [1.807, 2.05) is 37.3 Å². The molecule has 0 unspecified atom stereocenters. The smallest absolute Gasteiger partial charge is 0.281 e. The van der Waals surface area contributed by atoms with Crippen LogP contribution >= 0.6 is 11.3 Å². The highest BCUT2D eigenvalue weighted by Gasteiger charge is 2.17. The number of hydrogen-bond acceptors (Lipinski definition) is 6. The molecule has 3 heterocycles. The fourth-order valence-corrected chi connectivity index (χ4v) is 4.14. The second-order valence-electron chi connectivity index (χ2n) is 6.59. The molecule has 0 aliphatic heterocycles. The van der Waals surface area contributed by atoms with Crippen molar-refractivity contribution < 1.29 is 9.53 Å². The van der Waals surface area contributed by atoms with Crippen molar-refractivity contribution in [1.29, 1.82) is 0 Å². The number of carbonyl (C=O) groups is 1. The number of aromatic amines is 1. The van der Waals surface area contributed by atoms with Crippen LogP contribution in [0, 0.1) is 6.92 Å². The fourth-order valence-electron chi connectivity index (χ4n) is 3.14. The lowest BCUT2D eigenvalue weighted by Crippen LogP contribution is -2.35. The molecule has 0 aliphatic carbocycles. The fraction of sp³-hybridized carbons (Fsp3) is 0.143. The number of aryl methyl sites for hydroxylation is 1. The van der Waals surface area contributed by atoms with Crippen LogP contribution in [0.15, 0.2) is 64.6 Å². The summed E-state index contributed by atoms with van der Waals surface area (Å²) in [6.07, 6.45) is 2.80. The number of H-pyrrole nitrogens is 1. The van der Waals surface area contributed by atoms with Gasteiger partial charge in [0.1, 0.15) is 17.8 Å². The largest absolute Gasteiger partial charge is 0.367 e. The summed E-state index contributed by atoms with van der Waals surface area (Å²) in [5, 5.41) is 0.468. The Labute approximate surface area is 174 Å². The van der Waals surface area contributed by atoms with Crippen LogP contribution in [0.5, 0.6) is 0 Å². The number of nitrogens with one attached hydrogen (secondary N) is 2. The highest BCUT2D eigenvalue weighted by molar-refractivity contribution is 7.19. The van der Waals surface area contributed by atoms with Gasteiger partial charge in [0.2, 0.25) is 5.56 Å². The number of benzene rings is 1. The van der Waals surface area contributed by atoms with Crippen LogP contribution < -0.4 is 16.5 Å². The topological polar surface area (TPSA) is 106 Å². The maximum atomic E-state index is 13.0. The van der Waals surface area contributed by atoms with E-state index in [4.69, 9.17) is 4.74 Å². The van der Waals surface area contributed by atoms with Gasteiger partial charge in [-0.25, -0.2) is 9.66 Å². The van der Waals surface area contributed by atoms with Gasteiger partial charge in [0.25, 0.3) is 11.5 Å². The Morgan fingerprint density at radius 3 is 2.80 bits per heavy atom. The Kier molecular flexibility index (Phi) is 5.55. The zero-order chi connectivity index (χ0) is 21.1. The first-order valence-electron chi connectivity index (χ1n) is 9.14. The summed E-state index contributed by atoms with van der Waals surface area (Å²) in [5.41, 5.74) is 4.29. The van der Waals surface area contributed by atoms with Gasteiger partial charge in [0, 0.05) is 22.7 Å². The SMILES string of the molecule is Cc1sc2ncn(NC(=O)COCc3cc[nH]c(=O)c3)c(=O)c2c1-c1ccccc1. The maximum absolute atomic E-state index is 13.0. The maximum Gasteiger partial charge on any atom is 0.281 e. The average Bonchev–Trinajstić information content (AvgIpc) is 3.07. The number of carbonyl (C=O) groups excluding carboxylic acids is 1. The lowest BCUT2D eigenvalue weighted by atomic mass is 10.0. The summed E-state index contributed by atoms with van der Waals surface area (Å²) in [6, 6.07) is 12.7. The van der Waals surface area contributed by atoms with E-state index in [0.29, 0.717) is 15.8 Å². The molecule has 0 fully saturated rings. The standard InChI is InChI=1S/C21H18N4O4S/c1-13-18(15-5-3-2-4-6-15)19-20(30-13)23-12-25(21(19)28)24-17(27)11-29-10-14-7-8-22-16(26)9-14/h2-9,12H,10-11H2,1H3,(H,22,26)(H,24,27). The number of ether oxygens (including phenoxy) is 1. The lowest BCUT2D eigenvalue weighted by Gasteiger charge is -2.09. The van der Waals surface area contributed by atoms with Gasteiger partial charge in [0.15, 0.2) is 0 Å². The molecule has 0 spiro atoms. The van der Waals surface area contributed by atoms with Crippen molar-refractivity contribution >= 4 is 27.5 Å². The van der Waals surface area contributed by atoms with E-state index in [0.717, 1.165) is 20.7 Å². The minimum Gasteiger partial charge on any atom is -0.367 e. The zero-order valence-electron chi connectivity index (χ0n) is 16.0. The molecule has 0 radical (unpaired) electrons. The number of rotatable bonds is 6. The number of amides is 1. The van der Waals surface area contributed by atoms with Crippen LogP contribution in [0.1, 0.15) is 10.4 Å². The first-order valence-corrected chi connectivity index (χ1v) is 9.96. The molecule has 2 N–H and O–H groups in total. The molecule has 0 saturated heterocycles. The van der Waals surface area contributed by atoms with Gasteiger partial charge < -0.3 is 9.72 Å². The number of pyridine rings is 1. The summed E-state index contributed by atoms with van der Waals surface area (Å²) in [7, 11) is 0. The van der Waals surface area contributed by atoms with Crippen LogP contribution in [0.2, 0.25) is 0 Å². The highest BCUT2D eigenvalue weighted by Crippen LogP contribution is 2.35. The van der Waals surface area contributed by atoms with Gasteiger partial charge in [-0.3, -0.25) is 19.8 Å². The average molecular weight is 422 g/mol. The summed E-state index contributed by atoms with van der Waals surface area (Å²) in [6.45, 7) is 1.77. The van der Waals surface area contributed by atoms with Crippen LogP contribution in [-0.4, -0.2) is 27.2 Å². The van der Waals surface area contributed by atoms with Crippen molar-refractivity contribution in [3.63, 3.8) is 0 Å². The number of thiophene rings is 1. The van der Waals surface area contributed by atoms with Gasteiger partial charge in [-0.1, -0.05) is 30.3 Å². The van der Waals surface area contributed by atoms with Gasteiger partial charge in [-0.05, 0) is 24.1 Å². The molecule has 0 aliphatic rings. The van der Waals surface area contributed by atoms with Crippen molar-refractivity contribution in [3.05, 3.63) is 86.1 Å². The minimum atomic E-state index is -0.503. The van der Waals surface area contributed by atoms with E-state index < -0.39 is 5.91 Å². The molecule has 9 heteroatoms. The van der Waals surface area contributed by atoms with E-state index in [1.165, 1.54) is 29.9 Å². The molecule has 4 aromatic rings. The predicted molar refractivity (Wildman–Crippen MR) is 115 cm³/mol. The highest BCUT2D eigenvalue weighted by atomic mass is 32.1. The van der Waals surface area contributed by atoms with E-state index in [9.17, 15) is 14.4 Å². The Bertz CT molecular complexity index is 1320. The lowest BCUT2D eigenvalue weighted by molar-refractivity contribution is -0.122. The molecule has 0 saturated carbocycles. The molecule has 0 atom stereocenters. The van der Waals surface area contributed by atoms with Crippen molar-refractivity contribution in [3.8, 4) is 11.1 Å². The summed E-state index contributed by atoms with van der Waals surface area (Å²) >= 11 is 1.44. The molecule has 152 valence electrons. The molecule has 8 nitrogen and oxygen atoms in total. The second-order valence-corrected chi connectivity index (χ2v) is 7.79. The summed E-state index contributed by atoms with van der Waals surface area (Å²) in [5.74, 6) is -0.503. The summed E-state index contributed by atoms with van der Waals surface area (Å²) in [4.78, 5) is 45.0. The third-order valence-corrected chi connectivity index (χ3v) is 5.45. The van der Waals surface area contributed by atoms with E-state index in [-0.39, 0.29) is 24.3 Å². The first kappa shape index (κ1) is 19.7. The van der Waals surface area contributed by atoms with Crippen LogP contribution in [0.3, 0.4) is 0 Å². The number of hydrogen-bond donors (Lipinski definition) is 2. The molecule has 0 bridgehead atoms.